The molecule has 2 N–H and O–H groups in total. The van der Waals surface area contributed by atoms with Crippen molar-refractivity contribution in [2.24, 2.45) is 0 Å². The standard InChI is InChI=1S/C14H20N2O2/c1-14(2,18)9-16(3)13(17)12-8-10-6-4-5-7-11(10)15-12/h4-7,12,15,18H,8-9H2,1-3H3/t12-/m0/s1. The molecule has 0 saturated heterocycles. The van der Waals surface area contributed by atoms with E-state index in [9.17, 15) is 9.90 Å². The number of hydrogen-bond acceptors (Lipinski definition) is 3. The molecule has 0 fully saturated rings. The van der Waals surface area contributed by atoms with E-state index in [4.69, 9.17) is 0 Å². The summed E-state index contributed by atoms with van der Waals surface area (Å²) in [6, 6.07) is 7.74. The monoisotopic (exact) mass is 248 g/mol. The molecule has 0 saturated carbocycles. The Kier molecular flexibility index (Phi) is 3.30. The second-order valence-corrected chi connectivity index (χ2v) is 5.56. The van der Waals surface area contributed by atoms with Gasteiger partial charge in [0.15, 0.2) is 0 Å². The lowest BCUT2D eigenvalue weighted by Gasteiger charge is -2.27. The highest BCUT2D eigenvalue weighted by Crippen LogP contribution is 2.26. The fraction of sp³-hybridized carbons (Fsp3) is 0.500. The SMILES string of the molecule is CN(CC(C)(C)O)C(=O)[C@@H]1Cc2ccccc2N1. The summed E-state index contributed by atoms with van der Waals surface area (Å²) in [6.07, 6.45) is 0.713. The lowest BCUT2D eigenvalue weighted by atomic mass is 10.1. The molecule has 1 amide bonds. The third-order valence-corrected chi connectivity index (χ3v) is 3.07. The van der Waals surface area contributed by atoms with Gasteiger partial charge in [0.25, 0.3) is 0 Å². The van der Waals surface area contributed by atoms with E-state index in [1.807, 2.05) is 24.3 Å². The van der Waals surface area contributed by atoms with Crippen molar-refractivity contribution in [3.8, 4) is 0 Å². The molecule has 18 heavy (non-hydrogen) atoms. The van der Waals surface area contributed by atoms with E-state index in [0.717, 1.165) is 5.69 Å². The van der Waals surface area contributed by atoms with Gasteiger partial charge in [0.1, 0.15) is 6.04 Å². The molecule has 1 aromatic rings. The van der Waals surface area contributed by atoms with Crippen molar-refractivity contribution in [3.63, 3.8) is 0 Å². The Balaban J connectivity index is 2.01. The molecule has 98 valence electrons. The van der Waals surface area contributed by atoms with Gasteiger partial charge in [0.05, 0.1) is 5.60 Å². The average Bonchev–Trinajstić information content (AvgIpc) is 2.68. The first kappa shape index (κ1) is 12.9. The number of anilines is 1. The highest BCUT2D eigenvalue weighted by molar-refractivity contribution is 5.87. The summed E-state index contributed by atoms with van der Waals surface area (Å²) in [7, 11) is 1.73. The molecule has 1 aliphatic heterocycles. The Morgan fingerprint density at radius 2 is 2.17 bits per heavy atom. The Hall–Kier alpha value is -1.55. The van der Waals surface area contributed by atoms with Crippen LogP contribution in [0.1, 0.15) is 19.4 Å². The van der Waals surface area contributed by atoms with Crippen molar-refractivity contribution in [1.29, 1.82) is 0 Å². The zero-order valence-corrected chi connectivity index (χ0v) is 11.1. The third kappa shape index (κ3) is 2.82. The van der Waals surface area contributed by atoms with Crippen LogP contribution in [0.2, 0.25) is 0 Å². The lowest BCUT2D eigenvalue weighted by Crippen LogP contribution is -2.45. The second-order valence-electron chi connectivity index (χ2n) is 5.56. The molecule has 1 aliphatic rings. The highest BCUT2D eigenvalue weighted by Gasteiger charge is 2.30. The van der Waals surface area contributed by atoms with E-state index in [2.05, 4.69) is 5.32 Å². The van der Waals surface area contributed by atoms with E-state index < -0.39 is 5.60 Å². The van der Waals surface area contributed by atoms with Gasteiger partial charge in [-0.3, -0.25) is 4.79 Å². The number of benzene rings is 1. The third-order valence-electron chi connectivity index (χ3n) is 3.07. The summed E-state index contributed by atoms with van der Waals surface area (Å²) in [5, 5.41) is 13.0. The summed E-state index contributed by atoms with van der Waals surface area (Å²) in [6.45, 7) is 3.74. The van der Waals surface area contributed by atoms with Gasteiger partial charge in [-0.1, -0.05) is 18.2 Å². The first-order valence-corrected chi connectivity index (χ1v) is 6.18. The molecule has 1 atom stereocenters. The Morgan fingerprint density at radius 1 is 1.50 bits per heavy atom. The predicted molar refractivity (Wildman–Crippen MR) is 71.5 cm³/mol. The molecule has 4 heteroatoms. The van der Waals surface area contributed by atoms with Crippen molar-refractivity contribution in [3.05, 3.63) is 29.8 Å². The van der Waals surface area contributed by atoms with Crippen LogP contribution in [0, 0.1) is 0 Å². The van der Waals surface area contributed by atoms with Crippen molar-refractivity contribution in [1.82, 2.24) is 4.90 Å². The Bertz CT molecular complexity index is 426. The van der Waals surface area contributed by atoms with Crippen LogP contribution in [-0.2, 0) is 11.2 Å². The predicted octanol–water partition coefficient (Wildman–Crippen LogP) is 1.25. The number of likely N-dealkylation sites (N-methyl/N-ethyl adjacent to an activating group) is 1. The van der Waals surface area contributed by atoms with Crippen molar-refractivity contribution in [2.45, 2.75) is 31.9 Å². The molecule has 2 rings (SSSR count). The fourth-order valence-corrected chi connectivity index (χ4v) is 2.37. The molecule has 1 heterocycles. The number of nitrogens with one attached hydrogen (secondary N) is 1. The minimum absolute atomic E-state index is 0.0216. The van der Waals surface area contributed by atoms with Crippen LogP contribution in [0.4, 0.5) is 5.69 Å². The fourth-order valence-electron chi connectivity index (χ4n) is 2.37. The van der Waals surface area contributed by atoms with Crippen LogP contribution in [0.25, 0.3) is 0 Å². The van der Waals surface area contributed by atoms with E-state index in [0.29, 0.717) is 13.0 Å². The first-order valence-electron chi connectivity index (χ1n) is 6.18. The van der Waals surface area contributed by atoms with Gasteiger partial charge in [-0.05, 0) is 25.5 Å². The summed E-state index contributed by atoms with van der Waals surface area (Å²) in [5.41, 5.74) is 1.34. The van der Waals surface area contributed by atoms with E-state index in [-0.39, 0.29) is 11.9 Å². The van der Waals surface area contributed by atoms with Crippen LogP contribution in [0.5, 0.6) is 0 Å². The molecule has 0 radical (unpaired) electrons. The lowest BCUT2D eigenvalue weighted by molar-refractivity contribution is -0.133. The molecule has 0 unspecified atom stereocenters. The molecular formula is C14H20N2O2. The van der Waals surface area contributed by atoms with Gasteiger partial charge in [-0.2, -0.15) is 0 Å². The van der Waals surface area contributed by atoms with Gasteiger partial charge in [-0.15, -0.1) is 0 Å². The van der Waals surface area contributed by atoms with Crippen LogP contribution in [0.3, 0.4) is 0 Å². The van der Waals surface area contributed by atoms with E-state index >= 15 is 0 Å². The van der Waals surface area contributed by atoms with Gasteiger partial charge >= 0.3 is 0 Å². The van der Waals surface area contributed by atoms with Crippen LogP contribution < -0.4 is 5.32 Å². The number of fused-ring (bicyclic) bond motifs is 1. The van der Waals surface area contributed by atoms with Crippen LogP contribution in [-0.4, -0.2) is 41.1 Å². The highest BCUT2D eigenvalue weighted by atomic mass is 16.3. The second kappa shape index (κ2) is 4.61. The Morgan fingerprint density at radius 3 is 2.78 bits per heavy atom. The van der Waals surface area contributed by atoms with Gasteiger partial charge in [0, 0.05) is 25.7 Å². The maximum Gasteiger partial charge on any atom is 0.245 e. The topological polar surface area (TPSA) is 52.6 Å². The number of para-hydroxylation sites is 1. The summed E-state index contributed by atoms with van der Waals surface area (Å²) < 4.78 is 0. The molecular weight excluding hydrogens is 228 g/mol. The van der Waals surface area contributed by atoms with Crippen LogP contribution >= 0.6 is 0 Å². The quantitative estimate of drug-likeness (QED) is 0.846. The number of rotatable bonds is 3. The summed E-state index contributed by atoms with van der Waals surface area (Å²) >= 11 is 0. The minimum atomic E-state index is -0.865. The number of hydrogen-bond donors (Lipinski definition) is 2. The van der Waals surface area contributed by atoms with Gasteiger partial charge in [0.2, 0.25) is 5.91 Å². The zero-order valence-electron chi connectivity index (χ0n) is 11.1. The van der Waals surface area contributed by atoms with Gasteiger partial charge in [-0.25, -0.2) is 0 Å². The zero-order chi connectivity index (χ0) is 13.3. The van der Waals surface area contributed by atoms with E-state index in [1.165, 1.54) is 5.56 Å². The van der Waals surface area contributed by atoms with Gasteiger partial charge < -0.3 is 15.3 Å². The molecule has 0 aliphatic carbocycles. The number of carbonyl (C=O) groups excluding carboxylic acids is 1. The number of amides is 1. The van der Waals surface area contributed by atoms with Crippen molar-refractivity contribution in [2.75, 3.05) is 18.9 Å². The largest absolute Gasteiger partial charge is 0.389 e. The number of carbonyl (C=O) groups is 1. The average molecular weight is 248 g/mol. The minimum Gasteiger partial charge on any atom is -0.389 e. The number of nitrogens with zero attached hydrogens (tertiary/aromatic N) is 1. The molecule has 0 aromatic heterocycles. The summed E-state index contributed by atoms with van der Waals surface area (Å²) in [5.74, 6) is 0.0216. The molecule has 0 bridgehead atoms. The van der Waals surface area contributed by atoms with E-state index in [1.54, 1.807) is 25.8 Å². The van der Waals surface area contributed by atoms with Crippen LogP contribution in [0.15, 0.2) is 24.3 Å². The van der Waals surface area contributed by atoms with Crippen molar-refractivity contribution < 1.29 is 9.90 Å². The summed E-state index contributed by atoms with van der Waals surface area (Å²) in [4.78, 5) is 13.8. The normalized spacial score (nSPS) is 18.1. The number of aliphatic hydroxyl groups is 1. The molecule has 0 spiro atoms. The smallest absolute Gasteiger partial charge is 0.245 e. The molecule has 4 nitrogen and oxygen atoms in total. The Labute approximate surface area is 108 Å². The maximum atomic E-state index is 12.2. The van der Waals surface area contributed by atoms with Crippen molar-refractivity contribution >= 4 is 11.6 Å². The molecule has 1 aromatic carbocycles. The maximum absolute atomic E-state index is 12.2. The first-order chi connectivity index (χ1) is 8.37.